The van der Waals surface area contributed by atoms with Crippen molar-refractivity contribution in [2.75, 3.05) is 20.6 Å². The number of rotatable bonds is 4. The van der Waals surface area contributed by atoms with Gasteiger partial charge in [0, 0.05) is 18.6 Å². The monoisotopic (exact) mass is 325 g/mol. The van der Waals surface area contributed by atoms with Gasteiger partial charge in [0.05, 0.1) is 6.04 Å². The van der Waals surface area contributed by atoms with Crippen LogP contribution in [0.15, 0.2) is 0 Å². The fraction of sp³-hybridized carbons (Fsp3) is 0.929. The Hall–Kier alpha value is -0.0300. The zero-order chi connectivity index (χ0) is 13.1. The van der Waals surface area contributed by atoms with E-state index in [1.54, 1.807) is 0 Å². The zero-order valence-corrected chi connectivity index (χ0v) is 14.4. The Balaban J connectivity index is 0.00000180. The molecule has 2 aliphatic rings. The van der Waals surface area contributed by atoms with E-state index < -0.39 is 0 Å². The van der Waals surface area contributed by atoms with Gasteiger partial charge in [-0.25, -0.2) is 0 Å². The Morgan fingerprint density at radius 3 is 2.55 bits per heavy atom. The molecule has 1 saturated carbocycles. The molecule has 2 rings (SSSR count). The molecule has 1 aliphatic carbocycles. The summed E-state index contributed by atoms with van der Waals surface area (Å²) in [6.45, 7) is 2.86. The van der Waals surface area contributed by atoms with E-state index in [-0.39, 0.29) is 36.8 Å². The molecule has 0 aromatic heterocycles. The summed E-state index contributed by atoms with van der Waals surface area (Å²) in [6.07, 6.45) is 6.25. The highest BCUT2D eigenvalue weighted by atomic mass is 35.5. The van der Waals surface area contributed by atoms with Gasteiger partial charge in [-0.1, -0.05) is 12.8 Å². The summed E-state index contributed by atoms with van der Waals surface area (Å²) in [5, 5.41) is 6.59. The molecule has 0 spiro atoms. The molecule has 120 valence electrons. The van der Waals surface area contributed by atoms with Crippen molar-refractivity contribution in [2.24, 2.45) is 5.92 Å². The lowest BCUT2D eigenvalue weighted by Crippen LogP contribution is -2.46. The molecule has 1 amide bonds. The first-order valence-corrected chi connectivity index (χ1v) is 7.28. The maximum atomic E-state index is 12.1. The number of carbonyl (C=O) groups is 1. The van der Waals surface area contributed by atoms with E-state index in [4.69, 9.17) is 0 Å². The summed E-state index contributed by atoms with van der Waals surface area (Å²) in [7, 11) is 4.08. The molecule has 1 aliphatic heterocycles. The Morgan fingerprint density at radius 1 is 1.30 bits per heavy atom. The zero-order valence-electron chi connectivity index (χ0n) is 12.7. The number of hydrogen-bond donors (Lipinski definition) is 2. The number of halogens is 2. The van der Waals surface area contributed by atoms with E-state index >= 15 is 0 Å². The summed E-state index contributed by atoms with van der Waals surface area (Å²) in [5.74, 6) is 0.930. The van der Waals surface area contributed by atoms with Gasteiger partial charge in [-0.3, -0.25) is 4.79 Å². The molecule has 0 aromatic rings. The molecule has 2 N–H and O–H groups in total. The van der Waals surface area contributed by atoms with Gasteiger partial charge in [0.1, 0.15) is 0 Å². The molecular formula is C14H29Cl2N3O. The lowest BCUT2D eigenvalue weighted by atomic mass is 9.85. The summed E-state index contributed by atoms with van der Waals surface area (Å²) in [5.41, 5.74) is 0. The Morgan fingerprint density at radius 2 is 1.95 bits per heavy atom. The average molecular weight is 326 g/mol. The highest BCUT2D eigenvalue weighted by molar-refractivity contribution is 5.85. The first-order chi connectivity index (χ1) is 8.58. The number of carbonyl (C=O) groups excluding carboxylic acids is 1. The van der Waals surface area contributed by atoms with Crippen LogP contribution in [0.25, 0.3) is 0 Å². The molecule has 0 radical (unpaired) electrons. The van der Waals surface area contributed by atoms with Crippen LogP contribution in [0.3, 0.4) is 0 Å². The highest BCUT2D eigenvalue weighted by Gasteiger charge is 2.38. The molecule has 4 nitrogen and oxygen atoms in total. The molecular weight excluding hydrogens is 297 g/mol. The van der Waals surface area contributed by atoms with Crippen LogP contribution >= 0.6 is 24.8 Å². The van der Waals surface area contributed by atoms with Gasteiger partial charge in [0.25, 0.3) is 0 Å². The van der Waals surface area contributed by atoms with Crippen LogP contribution in [0.4, 0.5) is 0 Å². The molecule has 2 fully saturated rings. The molecule has 6 heteroatoms. The SMILES string of the molecule is CC(CNC(=O)C1CC2CCCCC2N1)N(C)C.Cl.Cl. The third kappa shape index (κ3) is 5.06. The summed E-state index contributed by atoms with van der Waals surface area (Å²) in [6, 6.07) is 1.03. The van der Waals surface area contributed by atoms with Gasteiger partial charge in [-0.05, 0) is 46.2 Å². The number of amides is 1. The van der Waals surface area contributed by atoms with Crippen molar-refractivity contribution in [1.82, 2.24) is 15.5 Å². The fourth-order valence-corrected chi connectivity index (χ4v) is 3.08. The minimum Gasteiger partial charge on any atom is -0.353 e. The third-order valence-corrected chi connectivity index (χ3v) is 4.63. The van der Waals surface area contributed by atoms with Gasteiger partial charge in [0.2, 0.25) is 5.91 Å². The third-order valence-electron chi connectivity index (χ3n) is 4.63. The second kappa shape index (κ2) is 9.08. The van der Waals surface area contributed by atoms with E-state index in [0.29, 0.717) is 12.1 Å². The molecule has 4 unspecified atom stereocenters. The maximum absolute atomic E-state index is 12.1. The van der Waals surface area contributed by atoms with Gasteiger partial charge < -0.3 is 15.5 Å². The van der Waals surface area contributed by atoms with Crippen LogP contribution < -0.4 is 10.6 Å². The predicted octanol–water partition coefficient (Wildman–Crippen LogP) is 1.82. The molecule has 0 bridgehead atoms. The van der Waals surface area contributed by atoms with E-state index in [0.717, 1.165) is 18.9 Å². The minimum absolute atomic E-state index is 0. The van der Waals surface area contributed by atoms with Crippen molar-refractivity contribution in [3.05, 3.63) is 0 Å². The van der Waals surface area contributed by atoms with Gasteiger partial charge in [-0.2, -0.15) is 0 Å². The van der Waals surface area contributed by atoms with Crippen molar-refractivity contribution >= 4 is 30.7 Å². The van der Waals surface area contributed by atoms with Gasteiger partial charge >= 0.3 is 0 Å². The van der Waals surface area contributed by atoms with Crippen molar-refractivity contribution in [3.8, 4) is 0 Å². The Bertz CT molecular complexity index is 288. The number of hydrogen-bond acceptors (Lipinski definition) is 3. The van der Waals surface area contributed by atoms with Crippen LogP contribution in [-0.2, 0) is 4.79 Å². The van der Waals surface area contributed by atoms with Crippen molar-refractivity contribution < 1.29 is 4.79 Å². The van der Waals surface area contributed by atoms with Crippen LogP contribution in [0.2, 0.25) is 0 Å². The minimum atomic E-state index is 0. The van der Waals surface area contributed by atoms with E-state index in [1.165, 1.54) is 25.7 Å². The number of fused-ring (bicyclic) bond motifs is 1. The molecule has 1 saturated heterocycles. The lowest BCUT2D eigenvalue weighted by Gasteiger charge is -2.24. The topological polar surface area (TPSA) is 44.4 Å². The quantitative estimate of drug-likeness (QED) is 0.828. The van der Waals surface area contributed by atoms with Crippen LogP contribution in [-0.4, -0.2) is 49.6 Å². The number of likely N-dealkylation sites (N-methyl/N-ethyl adjacent to an activating group) is 1. The van der Waals surface area contributed by atoms with Crippen LogP contribution in [0, 0.1) is 5.92 Å². The van der Waals surface area contributed by atoms with Crippen molar-refractivity contribution in [1.29, 1.82) is 0 Å². The summed E-state index contributed by atoms with van der Waals surface area (Å²) in [4.78, 5) is 14.3. The Kier molecular flexibility index (Phi) is 9.07. The summed E-state index contributed by atoms with van der Waals surface area (Å²) < 4.78 is 0. The van der Waals surface area contributed by atoms with Crippen LogP contribution in [0.1, 0.15) is 39.0 Å². The maximum Gasteiger partial charge on any atom is 0.237 e. The van der Waals surface area contributed by atoms with Gasteiger partial charge in [-0.15, -0.1) is 24.8 Å². The smallest absolute Gasteiger partial charge is 0.237 e. The van der Waals surface area contributed by atoms with Crippen LogP contribution in [0.5, 0.6) is 0 Å². The summed E-state index contributed by atoms with van der Waals surface area (Å²) >= 11 is 0. The second-order valence-electron chi connectivity index (χ2n) is 6.16. The Labute approximate surface area is 135 Å². The number of nitrogens with zero attached hydrogens (tertiary/aromatic N) is 1. The van der Waals surface area contributed by atoms with Gasteiger partial charge in [0.15, 0.2) is 0 Å². The first-order valence-electron chi connectivity index (χ1n) is 7.28. The molecule has 1 heterocycles. The fourth-order valence-electron chi connectivity index (χ4n) is 3.08. The van der Waals surface area contributed by atoms with E-state index in [9.17, 15) is 4.79 Å². The van der Waals surface area contributed by atoms with Crippen molar-refractivity contribution in [3.63, 3.8) is 0 Å². The average Bonchev–Trinajstić information content (AvgIpc) is 2.79. The highest BCUT2D eigenvalue weighted by Crippen LogP contribution is 2.33. The van der Waals surface area contributed by atoms with E-state index in [2.05, 4.69) is 22.5 Å². The molecule has 20 heavy (non-hydrogen) atoms. The largest absolute Gasteiger partial charge is 0.353 e. The second-order valence-corrected chi connectivity index (χ2v) is 6.16. The molecule has 4 atom stereocenters. The first kappa shape index (κ1) is 20.0. The predicted molar refractivity (Wildman–Crippen MR) is 87.9 cm³/mol. The van der Waals surface area contributed by atoms with E-state index in [1.807, 2.05) is 14.1 Å². The molecule has 0 aromatic carbocycles. The number of nitrogens with one attached hydrogen (secondary N) is 2. The lowest BCUT2D eigenvalue weighted by molar-refractivity contribution is -0.123. The standard InChI is InChI=1S/C14H27N3O.2ClH/c1-10(17(2)3)9-15-14(18)13-8-11-6-4-5-7-12(11)16-13;;/h10-13,16H,4-9H2,1-3H3,(H,15,18);2*1H. The van der Waals surface area contributed by atoms with Crippen molar-refractivity contribution in [2.45, 2.75) is 57.2 Å². The normalized spacial score (nSPS) is 29.9.